The molecule has 0 aliphatic carbocycles. The van der Waals surface area contributed by atoms with Crippen LogP contribution in [0.5, 0.6) is 0 Å². The maximum atomic E-state index is 5.62. The zero-order valence-corrected chi connectivity index (χ0v) is 14.7. The van der Waals surface area contributed by atoms with E-state index in [1.54, 1.807) is 0 Å². The molecule has 2 heterocycles. The lowest BCUT2D eigenvalue weighted by Gasteiger charge is -2.39. The van der Waals surface area contributed by atoms with E-state index in [9.17, 15) is 0 Å². The van der Waals surface area contributed by atoms with Crippen LogP contribution in [-0.2, 0) is 4.74 Å². The van der Waals surface area contributed by atoms with Gasteiger partial charge in [-0.2, -0.15) is 0 Å². The molecule has 4 nitrogen and oxygen atoms in total. The number of hydrogen-bond acceptors (Lipinski definition) is 4. The standard InChI is InChI=1S/C19H31N3O/c1-17-16-22(14-15-23-17)13-12-21-10-8-19(9-11-21)20(2)18-6-4-3-5-7-18/h3-7,17,19H,8-16H2,1-2H3/t17-/m1/s1. The average molecular weight is 317 g/mol. The first-order valence-corrected chi connectivity index (χ1v) is 9.06. The van der Waals surface area contributed by atoms with Crippen molar-refractivity contribution in [3.8, 4) is 0 Å². The molecule has 0 saturated carbocycles. The Morgan fingerprint density at radius 1 is 1.04 bits per heavy atom. The van der Waals surface area contributed by atoms with Gasteiger partial charge >= 0.3 is 0 Å². The lowest BCUT2D eigenvalue weighted by molar-refractivity contribution is -0.0211. The number of ether oxygens (including phenoxy) is 1. The van der Waals surface area contributed by atoms with Crippen LogP contribution in [0.4, 0.5) is 5.69 Å². The number of nitrogens with zero attached hydrogens (tertiary/aromatic N) is 3. The van der Waals surface area contributed by atoms with Crippen molar-refractivity contribution in [1.82, 2.24) is 9.80 Å². The summed E-state index contributed by atoms with van der Waals surface area (Å²) in [5.41, 5.74) is 1.34. The van der Waals surface area contributed by atoms with E-state index in [-0.39, 0.29) is 0 Å². The van der Waals surface area contributed by atoms with Gasteiger partial charge in [0.1, 0.15) is 0 Å². The van der Waals surface area contributed by atoms with Crippen LogP contribution in [0.25, 0.3) is 0 Å². The van der Waals surface area contributed by atoms with Gasteiger partial charge in [-0.1, -0.05) is 18.2 Å². The van der Waals surface area contributed by atoms with Crippen LogP contribution >= 0.6 is 0 Å². The first-order valence-electron chi connectivity index (χ1n) is 9.06. The van der Waals surface area contributed by atoms with Crippen LogP contribution in [0.1, 0.15) is 19.8 Å². The van der Waals surface area contributed by atoms with Gasteiger partial charge in [-0.15, -0.1) is 0 Å². The predicted molar refractivity (Wildman–Crippen MR) is 96.2 cm³/mol. The third kappa shape index (κ3) is 4.69. The maximum absolute atomic E-state index is 5.62. The number of rotatable bonds is 5. The molecule has 128 valence electrons. The Bertz CT molecular complexity index is 459. The highest BCUT2D eigenvalue weighted by Gasteiger charge is 2.23. The molecule has 0 aromatic heterocycles. The number of likely N-dealkylation sites (tertiary alicyclic amines) is 1. The summed E-state index contributed by atoms with van der Waals surface area (Å²) in [6.45, 7) is 10.1. The van der Waals surface area contributed by atoms with E-state index in [1.165, 1.54) is 44.7 Å². The molecule has 1 aromatic rings. The number of benzene rings is 1. The normalized spacial score (nSPS) is 24.7. The second-order valence-corrected chi connectivity index (χ2v) is 7.00. The van der Waals surface area contributed by atoms with Crippen LogP contribution < -0.4 is 4.90 Å². The van der Waals surface area contributed by atoms with Crippen LogP contribution in [0, 0.1) is 0 Å². The van der Waals surface area contributed by atoms with Crippen LogP contribution in [0.3, 0.4) is 0 Å². The van der Waals surface area contributed by atoms with E-state index in [0.717, 1.165) is 19.7 Å². The van der Waals surface area contributed by atoms with Crippen molar-refractivity contribution in [3.63, 3.8) is 0 Å². The van der Waals surface area contributed by atoms with Gasteiger partial charge in [-0.3, -0.25) is 4.90 Å². The minimum atomic E-state index is 0.397. The topological polar surface area (TPSA) is 19.0 Å². The number of para-hydroxylation sites is 1. The van der Waals surface area contributed by atoms with Crippen molar-refractivity contribution in [3.05, 3.63) is 30.3 Å². The molecule has 4 heteroatoms. The molecule has 0 amide bonds. The summed E-state index contributed by atoms with van der Waals surface area (Å²) in [7, 11) is 2.24. The summed E-state index contributed by atoms with van der Waals surface area (Å²) in [6.07, 6.45) is 2.93. The van der Waals surface area contributed by atoms with Gasteiger partial charge in [0, 0.05) is 58.0 Å². The van der Waals surface area contributed by atoms with E-state index in [1.807, 2.05) is 0 Å². The Balaban J connectivity index is 1.40. The van der Waals surface area contributed by atoms with Crippen molar-refractivity contribution in [2.24, 2.45) is 0 Å². The van der Waals surface area contributed by atoms with Gasteiger partial charge in [0.25, 0.3) is 0 Å². The molecule has 0 unspecified atom stereocenters. The summed E-state index contributed by atoms with van der Waals surface area (Å²) in [5.74, 6) is 0. The Hall–Kier alpha value is -1.10. The van der Waals surface area contributed by atoms with Crippen LogP contribution in [0.15, 0.2) is 30.3 Å². The minimum absolute atomic E-state index is 0.397. The summed E-state index contributed by atoms with van der Waals surface area (Å²) in [6, 6.07) is 11.5. The SMILES string of the molecule is C[C@@H]1CN(CCN2CCC(N(C)c3ccccc3)CC2)CCO1. The Morgan fingerprint density at radius 3 is 2.43 bits per heavy atom. The third-order valence-corrected chi connectivity index (χ3v) is 5.33. The maximum Gasteiger partial charge on any atom is 0.0674 e. The van der Waals surface area contributed by atoms with E-state index >= 15 is 0 Å². The van der Waals surface area contributed by atoms with E-state index in [0.29, 0.717) is 12.1 Å². The number of hydrogen-bond donors (Lipinski definition) is 0. The lowest BCUT2D eigenvalue weighted by Crippen LogP contribution is -2.48. The molecule has 2 saturated heterocycles. The van der Waals surface area contributed by atoms with E-state index < -0.39 is 0 Å². The molecule has 0 bridgehead atoms. The van der Waals surface area contributed by atoms with Crippen LogP contribution in [0.2, 0.25) is 0 Å². The highest BCUT2D eigenvalue weighted by molar-refractivity contribution is 5.46. The third-order valence-electron chi connectivity index (χ3n) is 5.33. The number of morpholine rings is 1. The molecule has 0 N–H and O–H groups in total. The van der Waals surface area contributed by atoms with Gasteiger partial charge in [-0.05, 0) is 31.9 Å². The smallest absolute Gasteiger partial charge is 0.0674 e. The first kappa shape index (κ1) is 16.7. The van der Waals surface area contributed by atoms with Crippen molar-refractivity contribution < 1.29 is 4.74 Å². The van der Waals surface area contributed by atoms with Crippen molar-refractivity contribution >= 4 is 5.69 Å². The first-order chi connectivity index (χ1) is 11.2. The second kappa shape index (κ2) is 8.13. The van der Waals surface area contributed by atoms with Gasteiger partial charge in [0.05, 0.1) is 12.7 Å². The number of piperidine rings is 1. The molecule has 0 spiro atoms. The lowest BCUT2D eigenvalue weighted by atomic mass is 10.0. The zero-order chi connectivity index (χ0) is 16.1. The van der Waals surface area contributed by atoms with Crippen molar-refractivity contribution in [2.75, 3.05) is 57.8 Å². The molecular weight excluding hydrogens is 286 g/mol. The Morgan fingerprint density at radius 2 is 1.74 bits per heavy atom. The fourth-order valence-electron chi connectivity index (χ4n) is 3.78. The molecular formula is C19H31N3O. The highest BCUT2D eigenvalue weighted by Crippen LogP contribution is 2.21. The minimum Gasteiger partial charge on any atom is -0.376 e. The van der Waals surface area contributed by atoms with E-state index in [2.05, 4.69) is 59.0 Å². The molecule has 2 aliphatic rings. The Kier molecular flexibility index (Phi) is 5.92. The largest absolute Gasteiger partial charge is 0.376 e. The molecule has 2 fully saturated rings. The molecule has 2 aliphatic heterocycles. The van der Waals surface area contributed by atoms with Gasteiger partial charge in [0.15, 0.2) is 0 Å². The number of anilines is 1. The second-order valence-electron chi connectivity index (χ2n) is 7.00. The summed E-state index contributed by atoms with van der Waals surface area (Å²) in [4.78, 5) is 7.65. The van der Waals surface area contributed by atoms with Gasteiger partial charge in [-0.25, -0.2) is 0 Å². The van der Waals surface area contributed by atoms with E-state index in [4.69, 9.17) is 4.74 Å². The Labute approximate surface area is 141 Å². The molecule has 0 radical (unpaired) electrons. The van der Waals surface area contributed by atoms with Gasteiger partial charge < -0.3 is 14.5 Å². The predicted octanol–water partition coefficient (Wildman–Crippen LogP) is 2.31. The van der Waals surface area contributed by atoms with Crippen molar-refractivity contribution in [1.29, 1.82) is 0 Å². The summed E-state index contributed by atoms with van der Waals surface area (Å²) < 4.78 is 5.62. The molecule has 23 heavy (non-hydrogen) atoms. The van der Waals surface area contributed by atoms with Gasteiger partial charge in [0.2, 0.25) is 0 Å². The molecule has 3 rings (SSSR count). The molecule has 1 atom stereocenters. The zero-order valence-electron chi connectivity index (χ0n) is 14.7. The monoisotopic (exact) mass is 317 g/mol. The molecule has 1 aromatic carbocycles. The van der Waals surface area contributed by atoms with Crippen LogP contribution in [-0.4, -0.2) is 74.9 Å². The van der Waals surface area contributed by atoms with Crippen molar-refractivity contribution in [2.45, 2.75) is 31.9 Å². The average Bonchev–Trinajstić information content (AvgIpc) is 2.61. The summed E-state index contributed by atoms with van der Waals surface area (Å²) >= 11 is 0. The quantitative estimate of drug-likeness (QED) is 0.829. The summed E-state index contributed by atoms with van der Waals surface area (Å²) in [5, 5.41) is 0. The highest BCUT2D eigenvalue weighted by atomic mass is 16.5. The fraction of sp³-hybridized carbons (Fsp3) is 0.684. The fourth-order valence-corrected chi connectivity index (χ4v) is 3.78.